The van der Waals surface area contributed by atoms with Crippen LogP contribution in [-0.2, 0) is 13.0 Å². The van der Waals surface area contributed by atoms with Crippen molar-refractivity contribution >= 4 is 11.7 Å². The molecule has 1 saturated heterocycles. The van der Waals surface area contributed by atoms with Gasteiger partial charge in [-0.1, -0.05) is 18.5 Å². The van der Waals surface area contributed by atoms with Gasteiger partial charge in [0.15, 0.2) is 5.76 Å². The molecule has 3 heterocycles. The van der Waals surface area contributed by atoms with Crippen LogP contribution in [0.2, 0.25) is 0 Å². The zero-order valence-electron chi connectivity index (χ0n) is 17.3. The predicted octanol–water partition coefficient (Wildman–Crippen LogP) is 2.87. The third-order valence-electron chi connectivity index (χ3n) is 5.21. The molecule has 0 spiro atoms. The van der Waals surface area contributed by atoms with Gasteiger partial charge < -0.3 is 14.7 Å². The van der Waals surface area contributed by atoms with Gasteiger partial charge in [0.05, 0.1) is 17.8 Å². The Morgan fingerprint density at radius 1 is 1.36 bits per heavy atom. The molecule has 0 unspecified atom stereocenters. The van der Waals surface area contributed by atoms with Crippen LogP contribution in [0.15, 0.2) is 28.9 Å². The van der Waals surface area contributed by atoms with Gasteiger partial charge >= 0.3 is 0 Å². The molecule has 2 aromatic heterocycles. The second-order valence-corrected chi connectivity index (χ2v) is 7.75. The monoisotopic (exact) mass is 385 g/mol. The maximum atomic E-state index is 12.4. The molecule has 152 valence electrons. The van der Waals surface area contributed by atoms with E-state index in [1.165, 1.54) is 0 Å². The number of aryl methyl sites for hydroxylation is 1. The maximum Gasteiger partial charge on any atom is 0.253 e. The van der Waals surface area contributed by atoms with Gasteiger partial charge in [0.1, 0.15) is 5.82 Å². The van der Waals surface area contributed by atoms with Crippen molar-refractivity contribution in [2.75, 3.05) is 24.5 Å². The van der Waals surface area contributed by atoms with E-state index in [4.69, 9.17) is 4.52 Å². The molecule has 2 aromatic rings. The lowest BCUT2D eigenvalue weighted by atomic mass is 10.1. The maximum absolute atomic E-state index is 12.4. The van der Waals surface area contributed by atoms with E-state index in [9.17, 15) is 4.79 Å². The van der Waals surface area contributed by atoms with Crippen molar-refractivity contribution in [1.29, 1.82) is 0 Å². The Hall–Kier alpha value is -2.41. The van der Waals surface area contributed by atoms with Crippen LogP contribution in [0.25, 0.3) is 0 Å². The highest BCUT2D eigenvalue weighted by Crippen LogP contribution is 2.19. The number of hydrogen-bond donors (Lipinski definition) is 1. The minimum Gasteiger partial charge on any atom is -0.359 e. The number of nitrogens with one attached hydrogen (secondary N) is 1. The van der Waals surface area contributed by atoms with Crippen LogP contribution in [0, 0.1) is 0 Å². The Morgan fingerprint density at radius 2 is 2.18 bits per heavy atom. The van der Waals surface area contributed by atoms with Crippen molar-refractivity contribution in [1.82, 2.24) is 20.4 Å². The summed E-state index contributed by atoms with van der Waals surface area (Å²) in [6.07, 6.45) is 3.54. The molecule has 0 radical (unpaired) electrons. The fourth-order valence-electron chi connectivity index (χ4n) is 3.74. The van der Waals surface area contributed by atoms with E-state index >= 15 is 0 Å². The molecule has 1 fully saturated rings. The molecule has 0 aliphatic carbocycles. The summed E-state index contributed by atoms with van der Waals surface area (Å²) in [5, 5.41) is 6.86. The average Bonchev–Trinajstić information content (AvgIpc) is 3.13. The number of amides is 1. The van der Waals surface area contributed by atoms with E-state index in [1.807, 2.05) is 18.2 Å². The van der Waals surface area contributed by atoms with Crippen LogP contribution < -0.4 is 10.2 Å². The van der Waals surface area contributed by atoms with Crippen LogP contribution >= 0.6 is 0 Å². The first-order chi connectivity index (χ1) is 13.5. The van der Waals surface area contributed by atoms with E-state index in [2.05, 4.69) is 53.0 Å². The van der Waals surface area contributed by atoms with E-state index in [-0.39, 0.29) is 5.91 Å². The quantitative estimate of drug-likeness (QED) is 0.790. The van der Waals surface area contributed by atoms with Gasteiger partial charge in [0, 0.05) is 44.0 Å². The van der Waals surface area contributed by atoms with Crippen molar-refractivity contribution in [2.24, 2.45) is 0 Å². The standard InChI is InChI=1S/C21H31N5O2/c1-5-6-18-11-19(28-24-18)13-23-21(27)17-7-8-20(22-12-17)25-9-10-26(15(2)3)16(4)14-25/h7-8,11-12,15-16H,5-6,9-10,13-14H2,1-4H3,(H,23,27)/t16-/m0/s1. The SMILES string of the molecule is CCCc1cc(CNC(=O)c2ccc(N3CCN(C(C)C)[C@@H](C)C3)nc2)on1. The van der Waals surface area contributed by atoms with Gasteiger partial charge in [-0.2, -0.15) is 0 Å². The number of piperazine rings is 1. The van der Waals surface area contributed by atoms with Gasteiger partial charge in [-0.3, -0.25) is 9.69 Å². The van der Waals surface area contributed by atoms with Gasteiger partial charge in [0.25, 0.3) is 5.91 Å². The number of pyridine rings is 1. The van der Waals surface area contributed by atoms with Gasteiger partial charge in [-0.15, -0.1) is 0 Å². The molecule has 1 amide bonds. The van der Waals surface area contributed by atoms with Crippen molar-refractivity contribution in [3.63, 3.8) is 0 Å². The zero-order valence-corrected chi connectivity index (χ0v) is 17.3. The summed E-state index contributed by atoms with van der Waals surface area (Å²) in [7, 11) is 0. The molecule has 1 atom stereocenters. The Morgan fingerprint density at radius 3 is 2.82 bits per heavy atom. The van der Waals surface area contributed by atoms with Crippen molar-refractivity contribution in [2.45, 2.75) is 59.2 Å². The summed E-state index contributed by atoms with van der Waals surface area (Å²) in [6.45, 7) is 12.1. The zero-order chi connectivity index (χ0) is 20.1. The Labute approximate surface area is 167 Å². The van der Waals surface area contributed by atoms with Crippen LogP contribution in [0.4, 0.5) is 5.82 Å². The molecule has 1 N–H and O–H groups in total. The molecule has 0 aromatic carbocycles. The first-order valence-corrected chi connectivity index (χ1v) is 10.2. The van der Waals surface area contributed by atoms with Gasteiger partial charge in [-0.25, -0.2) is 4.98 Å². The fraction of sp³-hybridized carbons (Fsp3) is 0.571. The van der Waals surface area contributed by atoms with E-state index in [0.717, 1.165) is 44.0 Å². The first-order valence-electron chi connectivity index (χ1n) is 10.2. The molecule has 3 rings (SSSR count). The summed E-state index contributed by atoms with van der Waals surface area (Å²) >= 11 is 0. The van der Waals surface area contributed by atoms with Crippen LogP contribution in [0.5, 0.6) is 0 Å². The number of hydrogen-bond acceptors (Lipinski definition) is 6. The molecule has 0 bridgehead atoms. The Kier molecular flexibility index (Phi) is 6.67. The van der Waals surface area contributed by atoms with Gasteiger partial charge in [0.2, 0.25) is 0 Å². The van der Waals surface area contributed by atoms with Crippen molar-refractivity contribution in [3.05, 3.63) is 41.4 Å². The summed E-state index contributed by atoms with van der Waals surface area (Å²) in [5.41, 5.74) is 1.47. The minimum absolute atomic E-state index is 0.162. The Bertz CT molecular complexity index is 771. The second-order valence-electron chi connectivity index (χ2n) is 7.75. The number of aromatic nitrogens is 2. The lowest BCUT2D eigenvalue weighted by molar-refractivity contribution is 0.0946. The summed E-state index contributed by atoms with van der Waals surface area (Å²) in [5.74, 6) is 1.43. The highest BCUT2D eigenvalue weighted by Gasteiger charge is 2.26. The second kappa shape index (κ2) is 9.19. The summed E-state index contributed by atoms with van der Waals surface area (Å²) in [6, 6.07) is 6.69. The topological polar surface area (TPSA) is 74.5 Å². The van der Waals surface area contributed by atoms with E-state index in [1.54, 1.807) is 6.20 Å². The molecule has 7 heteroatoms. The van der Waals surface area contributed by atoms with Crippen molar-refractivity contribution < 1.29 is 9.32 Å². The number of carbonyl (C=O) groups is 1. The lowest BCUT2D eigenvalue weighted by Crippen LogP contribution is -2.54. The third-order valence-corrected chi connectivity index (χ3v) is 5.21. The summed E-state index contributed by atoms with van der Waals surface area (Å²) in [4.78, 5) is 21.7. The number of carbonyl (C=O) groups excluding carboxylic acids is 1. The van der Waals surface area contributed by atoms with Crippen molar-refractivity contribution in [3.8, 4) is 0 Å². The normalized spacial score (nSPS) is 17.9. The van der Waals surface area contributed by atoms with E-state index < -0.39 is 0 Å². The molecule has 28 heavy (non-hydrogen) atoms. The molecular formula is C21H31N5O2. The van der Waals surface area contributed by atoms with Crippen LogP contribution in [0.3, 0.4) is 0 Å². The predicted molar refractivity (Wildman–Crippen MR) is 109 cm³/mol. The van der Waals surface area contributed by atoms with Crippen LogP contribution in [-0.4, -0.2) is 52.7 Å². The molecular weight excluding hydrogens is 354 g/mol. The smallest absolute Gasteiger partial charge is 0.253 e. The number of anilines is 1. The number of rotatable bonds is 7. The third kappa shape index (κ3) is 4.90. The van der Waals surface area contributed by atoms with E-state index in [0.29, 0.717) is 30.0 Å². The minimum atomic E-state index is -0.162. The lowest BCUT2D eigenvalue weighted by Gasteiger charge is -2.42. The first kappa shape index (κ1) is 20.3. The summed E-state index contributed by atoms with van der Waals surface area (Å²) < 4.78 is 5.25. The Balaban J connectivity index is 1.54. The fourth-order valence-corrected chi connectivity index (χ4v) is 3.74. The molecule has 1 aliphatic heterocycles. The average molecular weight is 386 g/mol. The van der Waals surface area contributed by atoms with Crippen LogP contribution in [0.1, 0.15) is 55.9 Å². The molecule has 7 nitrogen and oxygen atoms in total. The highest BCUT2D eigenvalue weighted by atomic mass is 16.5. The molecule has 0 saturated carbocycles. The number of nitrogens with zero attached hydrogens (tertiary/aromatic N) is 4. The van der Waals surface area contributed by atoms with Gasteiger partial charge in [-0.05, 0) is 39.3 Å². The molecule has 1 aliphatic rings. The largest absolute Gasteiger partial charge is 0.359 e. The highest BCUT2D eigenvalue weighted by molar-refractivity contribution is 5.93.